The SMILES string of the molecule is CN(CCOc1ccc(S(N)(=O)=O)cc1)C(CN)C1CC1. The van der Waals surface area contributed by atoms with E-state index < -0.39 is 10.0 Å². The molecule has 2 rings (SSSR count). The zero-order valence-corrected chi connectivity index (χ0v) is 13.1. The van der Waals surface area contributed by atoms with Crippen LogP contribution in [0.2, 0.25) is 0 Å². The fourth-order valence-corrected chi connectivity index (χ4v) is 2.93. The van der Waals surface area contributed by atoms with Crippen LogP contribution in [0.3, 0.4) is 0 Å². The second-order valence-electron chi connectivity index (χ2n) is 5.49. The normalized spacial score (nSPS) is 17.0. The maximum Gasteiger partial charge on any atom is 0.238 e. The van der Waals surface area contributed by atoms with Crippen LogP contribution in [0.5, 0.6) is 5.75 Å². The lowest BCUT2D eigenvalue weighted by molar-refractivity contribution is 0.180. The van der Waals surface area contributed by atoms with Gasteiger partial charge in [0.25, 0.3) is 0 Å². The summed E-state index contributed by atoms with van der Waals surface area (Å²) in [6.45, 7) is 1.99. The van der Waals surface area contributed by atoms with Gasteiger partial charge in [0.15, 0.2) is 0 Å². The summed E-state index contributed by atoms with van der Waals surface area (Å²) >= 11 is 0. The highest BCUT2D eigenvalue weighted by molar-refractivity contribution is 7.89. The first-order chi connectivity index (χ1) is 9.91. The molecule has 6 nitrogen and oxygen atoms in total. The number of benzene rings is 1. The van der Waals surface area contributed by atoms with Crippen LogP contribution in [-0.4, -0.2) is 46.1 Å². The number of hydrogen-bond acceptors (Lipinski definition) is 5. The maximum atomic E-state index is 11.1. The van der Waals surface area contributed by atoms with E-state index in [0.717, 1.165) is 12.5 Å². The van der Waals surface area contributed by atoms with Gasteiger partial charge in [-0.1, -0.05) is 0 Å². The van der Waals surface area contributed by atoms with Crippen molar-refractivity contribution in [1.29, 1.82) is 0 Å². The summed E-state index contributed by atoms with van der Waals surface area (Å²) in [7, 11) is -1.59. The minimum absolute atomic E-state index is 0.0869. The molecule has 118 valence electrons. The molecule has 0 amide bonds. The summed E-state index contributed by atoms with van der Waals surface area (Å²) in [5.41, 5.74) is 5.80. The lowest BCUT2D eigenvalue weighted by atomic mass is 10.1. The molecule has 4 N–H and O–H groups in total. The van der Waals surface area contributed by atoms with E-state index in [1.807, 2.05) is 0 Å². The molecule has 1 aromatic rings. The smallest absolute Gasteiger partial charge is 0.238 e. The molecular weight excluding hydrogens is 290 g/mol. The zero-order chi connectivity index (χ0) is 15.5. The molecule has 0 saturated heterocycles. The second-order valence-corrected chi connectivity index (χ2v) is 7.05. The summed E-state index contributed by atoms with van der Waals surface area (Å²) in [6.07, 6.45) is 2.53. The van der Waals surface area contributed by atoms with Crippen molar-refractivity contribution in [2.45, 2.75) is 23.8 Å². The van der Waals surface area contributed by atoms with E-state index in [2.05, 4.69) is 11.9 Å². The number of sulfonamides is 1. The summed E-state index contributed by atoms with van der Waals surface area (Å²) in [4.78, 5) is 2.32. The van der Waals surface area contributed by atoms with Crippen LogP contribution in [0.25, 0.3) is 0 Å². The van der Waals surface area contributed by atoms with Crippen molar-refractivity contribution in [2.24, 2.45) is 16.8 Å². The number of hydrogen-bond donors (Lipinski definition) is 2. The van der Waals surface area contributed by atoms with Crippen molar-refractivity contribution in [3.8, 4) is 5.75 Å². The molecule has 0 heterocycles. The molecule has 7 heteroatoms. The average molecular weight is 313 g/mol. The fraction of sp³-hybridized carbons (Fsp3) is 0.571. The first-order valence-corrected chi connectivity index (χ1v) is 8.62. The highest BCUT2D eigenvalue weighted by Gasteiger charge is 2.32. The molecule has 0 aromatic heterocycles. The first kappa shape index (κ1) is 16.2. The molecule has 1 aromatic carbocycles. The van der Waals surface area contributed by atoms with Crippen molar-refractivity contribution in [2.75, 3.05) is 26.7 Å². The second kappa shape index (κ2) is 6.74. The van der Waals surface area contributed by atoms with Crippen LogP contribution in [0.4, 0.5) is 0 Å². The molecule has 0 spiro atoms. The average Bonchev–Trinajstić information content (AvgIpc) is 3.24. The van der Waals surface area contributed by atoms with E-state index in [4.69, 9.17) is 15.6 Å². The zero-order valence-electron chi connectivity index (χ0n) is 12.2. The minimum atomic E-state index is -3.65. The fourth-order valence-electron chi connectivity index (χ4n) is 2.41. The largest absolute Gasteiger partial charge is 0.492 e. The van der Waals surface area contributed by atoms with Gasteiger partial charge >= 0.3 is 0 Å². The van der Waals surface area contributed by atoms with Crippen molar-refractivity contribution in [1.82, 2.24) is 4.90 Å². The number of ether oxygens (including phenoxy) is 1. The summed E-state index contributed by atoms with van der Waals surface area (Å²) < 4.78 is 27.9. The number of likely N-dealkylation sites (N-methyl/N-ethyl adjacent to an activating group) is 1. The highest BCUT2D eigenvalue weighted by Crippen LogP contribution is 2.34. The van der Waals surface area contributed by atoms with Crippen molar-refractivity contribution in [3.05, 3.63) is 24.3 Å². The molecular formula is C14H23N3O3S. The van der Waals surface area contributed by atoms with Crippen LogP contribution in [0, 0.1) is 5.92 Å². The van der Waals surface area contributed by atoms with Gasteiger partial charge in [0.2, 0.25) is 10.0 Å². The predicted octanol–water partition coefficient (Wildman–Crippen LogP) is 0.382. The Balaban J connectivity index is 1.80. The van der Waals surface area contributed by atoms with Crippen LogP contribution >= 0.6 is 0 Å². The van der Waals surface area contributed by atoms with Gasteiger partial charge < -0.3 is 10.5 Å². The Morgan fingerprint density at radius 1 is 1.33 bits per heavy atom. The standard InChI is InChI=1S/C14H23N3O3S/c1-17(14(10-15)11-2-3-11)8-9-20-12-4-6-13(7-5-12)21(16,18)19/h4-7,11,14H,2-3,8-10,15H2,1H3,(H2,16,18,19). The van der Waals surface area contributed by atoms with Gasteiger partial charge in [-0.3, -0.25) is 4.90 Å². The van der Waals surface area contributed by atoms with E-state index in [-0.39, 0.29) is 4.90 Å². The van der Waals surface area contributed by atoms with Gasteiger partial charge in [-0.05, 0) is 50.1 Å². The number of rotatable bonds is 8. The Hall–Kier alpha value is -1.15. The van der Waals surface area contributed by atoms with Gasteiger partial charge in [-0.15, -0.1) is 0 Å². The Morgan fingerprint density at radius 2 is 1.95 bits per heavy atom. The van der Waals surface area contributed by atoms with Crippen LogP contribution in [-0.2, 0) is 10.0 Å². The summed E-state index contributed by atoms with van der Waals surface area (Å²) in [6, 6.07) is 6.54. The summed E-state index contributed by atoms with van der Waals surface area (Å²) in [5, 5.41) is 5.04. The maximum absolute atomic E-state index is 11.1. The number of nitrogens with zero attached hydrogens (tertiary/aromatic N) is 1. The van der Waals surface area contributed by atoms with Crippen LogP contribution in [0.15, 0.2) is 29.2 Å². The van der Waals surface area contributed by atoms with E-state index in [9.17, 15) is 8.42 Å². The van der Waals surface area contributed by atoms with Gasteiger partial charge in [-0.2, -0.15) is 0 Å². The first-order valence-electron chi connectivity index (χ1n) is 7.08. The Bertz CT molecular complexity index is 555. The third kappa shape index (κ3) is 4.67. The van der Waals surface area contributed by atoms with Crippen LogP contribution < -0.4 is 15.6 Å². The highest BCUT2D eigenvalue weighted by atomic mass is 32.2. The quantitative estimate of drug-likeness (QED) is 0.723. The van der Waals surface area contributed by atoms with E-state index in [0.29, 0.717) is 24.9 Å². The molecule has 1 aliphatic rings. The van der Waals surface area contributed by atoms with Gasteiger partial charge in [0, 0.05) is 19.1 Å². The molecule has 1 saturated carbocycles. The topological polar surface area (TPSA) is 98.6 Å². The van der Waals surface area contributed by atoms with Crippen molar-refractivity contribution >= 4 is 10.0 Å². The minimum Gasteiger partial charge on any atom is -0.492 e. The van der Waals surface area contributed by atoms with Gasteiger partial charge in [-0.25, -0.2) is 13.6 Å². The molecule has 0 bridgehead atoms. The molecule has 1 aliphatic carbocycles. The number of primary sulfonamides is 1. The van der Waals surface area contributed by atoms with Crippen LogP contribution in [0.1, 0.15) is 12.8 Å². The molecule has 1 atom stereocenters. The van der Waals surface area contributed by atoms with E-state index >= 15 is 0 Å². The Morgan fingerprint density at radius 3 is 2.43 bits per heavy atom. The third-order valence-corrected chi connectivity index (χ3v) is 4.77. The Kier molecular flexibility index (Phi) is 5.21. The molecule has 0 radical (unpaired) electrons. The molecule has 1 fully saturated rings. The third-order valence-electron chi connectivity index (χ3n) is 3.84. The van der Waals surface area contributed by atoms with Gasteiger partial charge in [0.1, 0.15) is 12.4 Å². The molecule has 21 heavy (non-hydrogen) atoms. The molecule has 1 unspecified atom stereocenters. The molecule has 0 aliphatic heterocycles. The monoisotopic (exact) mass is 313 g/mol. The predicted molar refractivity (Wildman–Crippen MR) is 81.5 cm³/mol. The summed E-state index contributed by atoms with van der Waals surface area (Å²) in [5.74, 6) is 1.36. The van der Waals surface area contributed by atoms with Gasteiger partial charge in [0.05, 0.1) is 4.90 Å². The van der Waals surface area contributed by atoms with Crippen molar-refractivity contribution < 1.29 is 13.2 Å². The number of nitrogens with two attached hydrogens (primary N) is 2. The van der Waals surface area contributed by atoms with Crippen molar-refractivity contribution in [3.63, 3.8) is 0 Å². The van der Waals surface area contributed by atoms with E-state index in [1.165, 1.54) is 25.0 Å². The lowest BCUT2D eigenvalue weighted by Gasteiger charge is -2.26. The van der Waals surface area contributed by atoms with E-state index in [1.54, 1.807) is 12.1 Å². The Labute approximate surface area is 126 Å². The lowest BCUT2D eigenvalue weighted by Crippen LogP contribution is -2.41.